The molecule has 1 saturated carbocycles. The fraction of sp³-hybridized carbons (Fsp3) is 0.389. The van der Waals surface area contributed by atoms with Crippen LogP contribution in [0.15, 0.2) is 36.4 Å². The molecule has 0 spiro atoms. The number of carbonyl (C=O) groups excluding carboxylic acids is 3. The highest BCUT2D eigenvalue weighted by Gasteiger charge is 2.56. The number of allylic oxidation sites excluding steroid dienone is 2. The van der Waals surface area contributed by atoms with Crippen molar-refractivity contribution in [2.75, 3.05) is 12.0 Å². The zero-order chi connectivity index (χ0) is 17.6. The zero-order valence-electron chi connectivity index (χ0n) is 13.4. The van der Waals surface area contributed by atoms with Crippen LogP contribution in [-0.4, -0.2) is 29.4 Å². The van der Waals surface area contributed by atoms with E-state index in [0.717, 1.165) is 12.8 Å². The van der Waals surface area contributed by atoms with E-state index in [1.54, 1.807) is 24.3 Å². The molecule has 7 heteroatoms. The number of nitrogens with zero attached hydrogens (tertiary/aromatic N) is 1. The van der Waals surface area contributed by atoms with Crippen LogP contribution in [0.25, 0.3) is 0 Å². The number of fused-ring (bicyclic) bond motifs is 1. The molecule has 0 aromatic heterocycles. The minimum Gasteiger partial charge on any atom is -0.320 e. The lowest BCUT2D eigenvalue weighted by Gasteiger charge is -2.38. The van der Waals surface area contributed by atoms with Gasteiger partial charge < -0.3 is 10.6 Å². The van der Waals surface area contributed by atoms with Crippen LogP contribution in [0.3, 0.4) is 0 Å². The molecule has 1 heterocycles. The highest BCUT2D eigenvalue weighted by Crippen LogP contribution is 2.49. The standard InChI is InChI=1S/C18H18ClN3O3/c19-12-5-7-13(8-6-12)21-18(25)20-9-22-16(23)14-10-1-2-11(4-3-10)15(14)17(22)24/h1-2,5-8,10-11,14-15H,3-4,9H2,(H2,20,21,25)/t10-,11-,14+,15+/m0/s1. The van der Waals surface area contributed by atoms with E-state index in [2.05, 4.69) is 22.8 Å². The van der Waals surface area contributed by atoms with E-state index in [0.29, 0.717) is 10.7 Å². The molecule has 2 fully saturated rings. The Hall–Kier alpha value is -2.34. The number of hydrogen-bond donors (Lipinski definition) is 2. The summed E-state index contributed by atoms with van der Waals surface area (Å²) in [5, 5.41) is 5.81. The molecule has 1 saturated heterocycles. The van der Waals surface area contributed by atoms with Crippen molar-refractivity contribution in [3.8, 4) is 0 Å². The van der Waals surface area contributed by atoms with Gasteiger partial charge in [-0.15, -0.1) is 0 Å². The highest BCUT2D eigenvalue weighted by atomic mass is 35.5. The largest absolute Gasteiger partial charge is 0.320 e. The summed E-state index contributed by atoms with van der Waals surface area (Å²) in [5.74, 6) is -0.532. The summed E-state index contributed by atoms with van der Waals surface area (Å²) in [7, 11) is 0. The molecule has 130 valence electrons. The Morgan fingerprint density at radius 1 is 1.04 bits per heavy atom. The second kappa shape index (κ2) is 6.19. The Kier molecular flexibility index (Phi) is 4.00. The second-order valence-electron chi connectivity index (χ2n) is 6.74. The van der Waals surface area contributed by atoms with Crippen LogP contribution in [0.5, 0.6) is 0 Å². The maximum absolute atomic E-state index is 12.6. The van der Waals surface area contributed by atoms with E-state index >= 15 is 0 Å². The molecule has 1 aromatic carbocycles. The van der Waals surface area contributed by atoms with E-state index in [1.165, 1.54) is 4.90 Å². The molecule has 5 rings (SSSR count). The van der Waals surface area contributed by atoms with Crippen LogP contribution >= 0.6 is 11.6 Å². The zero-order valence-corrected chi connectivity index (χ0v) is 14.2. The van der Waals surface area contributed by atoms with Crippen LogP contribution in [0.2, 0.25) is 5.02 Å². The molecule has 4 amide bonds. The van der Waals surface area contributed by atoms with Crippen LogP contribution in [0, 0.1) is 23.7 Å². The summed E-state index contributed by atoms with van der Waals surface area (Å²) >= 11 is 5.80. The van der Waals surface area contributed by atoms with Gasteiger partial charge in [-0.05, 0) is 48.9 Å². The van der Waals surface area contributed by atoms with E-state index in [9.17, 15) is 14.4 Å². The number of amides is 4. The molecule has 0 radical (unpaired) electrons. The SMILES string of the molecule is O=C(NCN1C(=O)[C@H]2[C@H](C1=O)[C@H]1C=C[C@H]2CC1)Nc1ccc(Cl)cc1. The summed E-state index contributed by atoms with van der Waals surface area (Å²) in [6.45, 7) is -0.108. The Morgan fingerprint density at radius 3 is 2.12 bits per heavy atom. The van der Waals surface area contributed by atoms with E-state index in [-0.39, 0.29) is 42.2 Å². The summed E-state index contributed by atoms with van der Waals surface area (Å²) in [4.78, 5) is 38.5. The number of hydrogen-bond acceptors (Lipinski definition) is 3. The van der Waals surface area contributed by atoms with Crippen LogP contribution in [0.4, 0.5) is 10.5 Å². The minimum absolute atomic E-state index is 0.108. The molecule has 6 nitrogen and oxygen atoms in total. The third-order valence-electron chi connectivity index (χ3n) is 5.35. The van der Waals surface area contributed by atoms with E-state index in [4.69, 9.17) is 11.6 Å². The third-order valence-corrected chi connectivity index (χ3v) is 5.60. The highest BCUT2D eigenvalue weighted by molar-refractivity contribution is 6.30. The van der Waals surface area contributed by atoms with Gasteiger partial charge in [0.1, 0.15) is 6.67 Å². The van der Waals surface area contributed by atoms with Gasteiger partial charge in [0.25, 0.3) is 0 Å². The predicted molar refractivity (Wildman–Crippen MR) is 92.7 cm³/mol. The number of imide groups is 1. The fourth-order valence-electron chi connectivity index (χ4n) is 4.15. The normalized spacial score (nSPS) is 29.7. The first kappa shape index (κ1) is 16.1. The molecule has 2 bridgehead atoms. The Morgan fingerprint density at radius 2 is 1.60 bits per heavy atom. The van der Waals surface area contributed by atoms with Crippen molar-refractivity contribution in [1.29, 1.82) is 0 Å². The number of urea groups is 1. The van der Waals surface area contributed by atoms with Crippen molar-refractivity contribution in [2.24, 2.45) is 23.7 Å². The van der Waals surface area contributed by atoms with Crippen LogP contribution < -0.4 is 10.6 Å². The summed E-state index contributed by atoms with van der Waals surface area (Å²) in [6.07, 6.45) is 6.06. The summed E-state index contributed by atoms with van der Waals surface area (Å²) in [5.41, 5.74) is 0.580. The van der Waals surface area contributed by atoms with Crippen molar-refractivity contribution >= 4 is 35.1 Å². The third kappa shape index (κ3) is 2.80. The van der Waals surface area contributed by atoms with Crippen molar-refractivity contribution < 1.29 is 14.4 Å². The predicted octanol–water partition coefficient (Wildman–Crippen LogP) is 2.62. The first-order valence-electron chi connectivity index (χ1n) is 8.38. The van der Waals surface area contributed by atoms with Gasteiger partial charge in [0.15, 0.2) is 0 Å². The smallest absolute Gasteiger partial charge is 0.320 e. The van der Waals surface area contributed by atoms with E-state index in [1.807, 2.05) is 0 Å². The molecule has 25 heavy (non-hydrogen) atoms. The van der Waals surface area contributed by atoms with Crippen LogP contribution in [0.1, 0.15) is 12.8 Å². The molecule has 3 aliphatic carbocycles. The Labute approximate surface area is 150 Å². The molecule has 1 aromatic rings. The van der Waals surface area contributed by atoms with Crippen LogP contribution in [-0.2, 0) is 9.59 Å². The molecule has 0 unspecified atom stereocenters. The monoisotopic (exact) mass is 359 g/mol. The van der Waals surface area contributed by atoms with E-state index < -0.39 is 6.03 Å². The molecular weight excluding hydrogens is 342 g/mol. The molecule has 4 atom stereocenters. The maximum atomic E-state index is 12.6. The maximum Gasteiger partial charge on any atom is 0.320 e. The molecule has 2 N–H and O–H groups in total. The lowest BCUT2D eigenvalue weighted by atomic mass is 9.63. The van der Waals surface area contributed by atoms with Crippen molar-refractivity contribution in [3.63, 3.8) is 0 Å². The van der Waals surface area contributed by atoms with Crippen molar-refractivity contribution in [1.82, 2.24) is 10.2 Å². The average molecular weight is 360 g/mol. The first-order valence-corrected chi connectivity index (χ1v) is 8.76. The van der Waals surface area contributed by atoms with Gasteiger partial charge in [-0.3, -0.25) is 14.5 Å². The van der Waals surface area contributed by atoms with Crippen molar-refractivity contribution in [3.05, 3.63) is 41.4 Å². The lowest BCUT2D eigenvalue weighted by molar-refractivity contribution is -0.140. The average Bonchev–Trinajstić information content (AvgIpc) is 2.89. The van der Waals surface area contributed by atoms with Gasteiger partial charge in [0.2, 0.25) is 11.8 Å². The number of halogens is 1. The first-order chi connectivity index (χ1) is 12.0. The lowest BCUT2D eigenvalue weighted by Crippen LogP contribution is -2.43. The minimum atomic E-state index is -0.473. The summed E-state index contributed by atoms with van der Waals surface area (Å²) < 4.78 is 0. The molecule has 1 aliphatic heterocycles. The fourth-order valence-corrected chi connectivity index (χ4v) is 4.28. The number of likely N-dealkylation sites (tertiary alicyclic amines) is 1. The van der Waals surface area contributed by atoms with Gasteiger partial charge in [-0.2, -0.15) is 0 Å². The molecular formula is C18H18ClN3O3. The van der Waals surface area contributed by atoms with Gasteiger partial charge >= 0.3 is 6.03 Å². The Bertz CT molecular complexity index is 729. The quantitative estimate of drug-likeness (QED) is 0.643. The van der Waals surface area contributed by atoms with Crippen molar-refractivity contribution in [2.45, 2.75) is 12.8 Å². The van der Waals surface area contributed by atoms with Gasteiger partial charge in [-0.25, -0.2) is 4.79 Å². The number of rotatable bonds is 3. The van der Waals surface area contributed by atoms with Gasteiger partial charge in [0.05, 0.1) is 11.8 Å². The second-order valence-corrected chi connectivity index (χ2v) is 7.18. The van der Waals surface area contributed by atoms with Gasteiger partial charge in [0, 0.05) is 10.7 Å². The topological polar surface area (TPSA) is 78.5 Å². The number of nitrogens with one attached hydrogen (secondary N) is 2. The number of carbonyl (C=O) groups is 3. The molecule has 4 aliphatic rings. The summed E-state index contributed by atoms with van der Waals surface area (Å²) in [6, 6.07) is 6.20. The Balaban J connectivity index is 1.38. The van der Waals surface area contributed by atoms with Gasteiger partial charge in [-0.1, -0.05) is 23.8 Å². The number of anilines is 1. The number of benzene rings is 1.